The molecule has 0 aromatic carbocycles. The lowest BCUT2D eigenvalue weighted by Gasteiger charge is -2.21. The highest BCUT2D eigenvalue weighted by Crippen LogP contribution is 2.17. The summed E-state index contributed by atoms with van der Waals surface area (Å²) in [6, 6.07) is 4.14. The third-order valence-electron chi connectivity index (χ3n) is 3.99. The fourth-order valence-corrected chi connectivity index (χ4v) is 3.54. The molecule has 1 fully saturated rings. The number of anilines is 1. The van der Waals surface area contributed by atoms with Gasteiger partial charge in [-0.2, -0.15) is 5.10 Å². The maximum absolute atomic E-state index is 4.46. The van der Waals surface area contributed by atoms with E-state index in [1.807, 2.05) is 13.0 Å². The second-order valence-corrected chi connectivity index (χ2v) is 6.81. The Bertz CT molecular complexity index is 574. The standard InChI is InChI=1S/C16H23N5S/c1-12-11-22-16(19-12)6-9-18-15-3-2-14(20-21-15)10-13-4-7-17-8-5-13/h2-3,11,13,17H,4-10H2,1H3,(H,18,21). The van der Waals surface area contributed by atoms with E-state index in [4.69, 9.17) is 0 Å². The van der Waals surface area contributed by atoms with Gasteiger partial charge in [0, 0.05) is 24.0 Å². The molecule has 0 amide bonds. The van der Waals surface area contributed by atoms with Gasteiger partial charge in [0.05, 0.1) is 10.7 Å². The van der Waals surface area contributed by atoms with Gasteiger partial charge in [-0.15, -0.1) is 16.4 Å². The second-order valence-electron chi connectivity index (χ2n) is 5.87. The summed E-state index contributed by atoms with van der Waals surface area (Å²) in [5, 5.41) is 18.6. The van der Waals surface area contributed by atoms with Crippen LogP contribution in [0, 0.1) is 12.8 Å². The zero-order chi connectivity index (χ0) is 15.2. The predicted molar refractivity (Wildman–Crippen MR) is 90.4 cm³/mol. The van der Waals surface area contributed by atoms with Crippen molar-refractivity contribution in [2.45, 2.75) is 32.6 Å². The van der Waals surface area contributed by atoms with E-state index in [-0.39, 0.29) is 0 Å². The summed E-state index contributed by atoms with van der Waals surface area (Å²) in [4.78, 5) is 4.46. The van der Waals surface area contributed by atoms with Crippen molar-refractivity contribution in [3.05, 3.63) is 33.9 Å². The number of thiazole rings is 1. The van der Waals surface area contributed by atoms with Crippen molar-refractivity contribution in [1.82, 2.24) is 20.5 Å². The number of rotatable bonds is 6. The molecule has 1 aliphatic rings. The van der Waals surface area contributed by atoms with Crippen molar-refractivity contribution in [2.24, 2.45) is 5.92 Å². The van der Waals surface area contributed by atoms with Crippen LogP contribution in [-0.4, -0.2) is 34.8 Å². The van der Waals surface area contributed by atoms with Gasteiger partial charge in [0.1, 0.15) is 5.82 Å². The van der Waals surface area contributed by atoms with E-state index in [1.165, 1.54) is 17.8 Å². The summed E-state index contributed by atoms with van der Waals surface area (Å²) in [6.45, 7) is 5.14. The molecule has 2 N–H and O–H groups in total. The van der Waals surface area contributed by atoms with E-state index in [2.05, 4.69) is 37.3 Å². The van der Waals surface area contributed by atoms with Crippen LogP contribution in [0.25, 0.3) is 0 Å². The number of nitrogens with zero attached hydrogens (tertiary/aromatic N) is 3. The van der Waals surface area contributed by atoms with Crippen molar-refractivity contribution in [3.8, 4) is 0 Å². The van der Waals surface area contributed by atoms with Crippen LogP contribution in [0.2, 0.25) is 0 Å². The minimum Gasteiger partial charge on any atom is -0.368 e. The van der Waals surface area contributed by atoms with E-state index >= 15 is 0 Å². The first-order valence-corrected chi connectivity index (χ1v) is 8.86. The number of piperidine rings is 1. The lowest BCUT2D eigenvalue weighted by Crippen LogP contribution is -2.28. The molecular formula is C16H23N5S. The van der Waals surface area contributed by atoms with E-state index in [9.17, 15) is 0 Å². The SMILES string of the molecule is Cc1csc(CCNc2ccc(CC3CCNCC3)nn2)n1. The van der Waals surface area contributed by atoms with E-state index in [1.54, 1.807) is 11.3 Å². The number of aromatic nitrogens is 3. The van der Waals surface area contributed by atoms with Crippen LogP contribution >= 0.6 is 11.3 Å². The Hall–Kier alpha value is -1.53. The Morgan fingerprint density at radius 1 is 1.27 bits per heavy atom. The average molecular weight is 317 g/mol. The summed E-state index contributed by atoms with van der Waals surface area (Å²) < 4.78 is 0. The van der Waals surface area contributed by atoms with Crippen LogP contribution < -0.4 is 10.6 Å². The van der Waals surface area contributed by atoms with E-state index in [0.29, 0.717) is 0 Å². The first-order valence-electron chi connectivity index (χ1n) is 7.98. The summed E-state index contributed by atoms with van der Waals surface area (Å²) in [5.74, 6) is 1.60. The number of hydrogen-bond acceptors (Lipinski definition) is 6. The lowest BCUT2D eigenvalue weighted by molar-refractivity contribution is 0.369. The molecule has 1 saturated heterocycles. The third kappa shape index (κ3) is 4.48. The molecule has 5 nitrogen and oxygen atoms in total. The van der Waals surface area contributed by atoms with Gasteiger partial charge in [-0.05, 0) is 57.3 Å². The molecule has 0 radical (unpaired) electrons. The highest BCUT2D eigenvalue weighted by molar-refractivity contribution is 7.09. The van der Waals surface area contributed by atoms with Crippen molar-refractivity contribution in [3.63, 3.8) is 0 Å². The highest BCUT2D eigenvalue weighted by atomic mass is 32.1. The maximum Gasteiger partial charge on any atom is 0.148 e. The van der Waals surface area contributed by atoms with E-state index in [0.717, 1.165) is 55.6 Å². The van der Waals surface area contributed by atoms with Gasteiger partial charge in [-0.1, -0.05) is 0 Å². The molecule has 0 spiro atoms. The van der Waals surface area contributed by atoms with Crippen molar-refractivity contribution < 1.29 is 0 Å². The van der Waals surface area contributed by atoms with Crippen molar-refractivity contribution in [1.29, 1.82) is 0 Å². The van der Waals surface area contributed by atoms with Gasteiger partial charge in [0.15, 0.2) is 0 Å². The first kappa shape index (κ1) is 15.4. The third-order valence-corrected chi connectivity index (χ3v) is 5.01. The number of hydrogen-bond donors (Lipinski definition) is 2. The maximum atomic E-state index is 4.46. The smallest absolute Gasteiger partial charge is 0.148 e. The van der Waals surface area contributed by atoms with Crippen molar-refractivity contribution in [2.75, 3.05) is 25.0 Å². The van der Waals surface area contributed by atoms with Gasteiger partial charge in [0.2, 0.25) is 0 Å². The summed E-state index contributed by atoms with van der Waals surface area (Å²) >= 11 is 1.71. The molecule has 2 aromatic heterocycles. The molecule has 3 heterocycles. The zero-order valence-corrected chi connectivity index (χ0v) is 13.8. The molecule has 0 aliphatic carbocycles. The Balaban J connectivity index is 1.44. The molecule has 22 heavy (non-hydrogen) atoms. The topological polar surface area (TPSA) is 62.7 Å². The minimum absolute atomic E-state index is 0.752. The van der Waals surface area contributed by atoms with Gasteiger partial charge >= 0.3 is 0 Å². The Morgan fingerprint density at radius 3 is 2.82 bits per heavy atom. The normalized spacial score (nSPS) is 15.9. The summed E-state index contributed by atoms with van der Waals surface area (Å²) in [6.07, 6.45) is 4.47. The molecule has 2 aromatic rings. The second kappa shape index (κ2) is 7.65. The van der Waals surface area contributed by atoms with Gasteiger partial charge in [-0.3, -0.25) is 0 Å². The molecule has 1 aliphatic heterocycles. The molecule has 6 heteroatoms. The minimum atomic E-state index is 0.752. The zero-order valence-electron chi connectivity index (χ0n) is 13.0. The van der Waals surface area contributed by atoms with Crippen LogP contribution in [0.1, 0.15) is 29.2 Å². The Kier molecular flexibility index (Phi) is 5.34. The molecule has 0 saturated carbocycles. The Morgan fingerprint density at radius 2 is 2.14 bits per heavy atom. The van der Waals surface area contributed by atoms with E-state index < -0.39 is 0 Å². The molecule has 0 bridgehead atoms. The molecule has 118 valence electrons. The predicted octanol–water partition coefficient (Wildman–Crippen LogP) is 2.44. The van der Waals surface area contributed by atoms with Crippen LogP contribution in [0.15, 0.2) is 17.5 Å². The average Bonchev–Trinajstić information content (AvgIpc) is 2.96. The molecule has 3 rings (SSSR count). The highest BCUT2D eigenvalue weighted by Gasteiger charge is 2.14. The number of aryl methyl sites for hydroxylation is 1. The Labute approximate surface area is 135 Å². The van der Waals surface area contributed by atoms with Crippen molar-refractivity contribution >= 4 is 17.2 Å². The van der Waals surface area contributed by atoms with Crippen LogP contribution in [0.5, 0.6) is 0 Å². The first-order chi connectivity index (χ1) is 10.8. The summed E-state index contributed by atoms with van der Waals surface area (Å²) in [7, 11) is 0. The summed E-state index contributed by atoms with van der Waals surface area (Å²) in [5.41, 5.74) is 2.20. The fraction of sp³-hybridized carbons (Fsp3) is 0.562. The quantitative estimate of drug-likeness (QED) is 0.857. The van der Waals surface area contributed by atoms with Gasteiger partial charge in [0.25, 0.3) is 0 Å². The largest absolute Gasteiger partial charge is 0.368 e. The number of nitrogens with one attached hydrogen (secondary N) is 2. The van der Waals surface area contributed by atoms with Crippen LogP contribution in [-0.2, 0) is 12.8 Å². The van der Waals surface area contributed by atoms with Gasteiger partial charge in [-0.25, -0.2) is 4.98 Å². The molecule has 0 atom stereocenters. The molecule has 0 unspecified atom stereocenters. The van der Waals surface area contributed by atoms with Crippen LogP contribution in [0.4, 0.5) is 5.82 Å². The van der Waals surface area contributed by atoms with Gasteiger partial charge < -0.3 is 10.6 Å². The molecular weight excluding hydrogens is 294 g/mol. The lowest BCUT2D eigenvalue weighted by atomic mass is 9.93. The monoisotopic (exact) mass is 317 g/mol. The fourth-order valence-electron chi connectivity index (χ4n) is 2.76. The van der Waals surface area contributed by atoms with Crippen LogP contribution in [0.3, 0.4) is 0 Å².